The first-order chi connectivity index (χ1) is 14.6. The van der Waals surface area contributed by atoms with Crippen LogP contribution in [0, 0.1) is 6.92 Å². The molecule has 0 aliphatic carbocycles. The number of hydrogen-bond acceptors (Lipinski definition) is 5. The number of hydrogen-bond donors (Lipinski definition) is 2. The van der Waals surface area contributed by atoms with Crippen molar-refractivity contribution in [2.24, 2.45) is 5.73 Å². The van der Waals surface area contributed by atoms with Crippen molar-refractivity contribution >= 4 is 39.5 Å². The quantitative estimate of drug-likeness (QED) is 0.478. The molecule has 3 N–H and O–H groups in total. The van der Waals surface area contributed by atoms with E-state index in [-0.39, 0.29) is 5.69 Å². The van der Waals surface area contributed by atoms with Gasteiger partial charge in [-0.3, -0.25) is 9.36 Å². The van der Waals surface area contributed by atoms with Gasteiger partial charge in [0.1, 0.15) is 5.82 Å². The molecule has 5 aromatic rings. The first-order valence-electron chi connectivity index (χ1n) is 9.48. The number of carbonyl (C=O) groups is 1. The molecular weight excluding hydrogens is 376 g/mol. The fraction of sp³-hybridized carbons (Fsp3) is 0.0435. The summed E-state index contributed by atoms with van der Waals surface area (Å²) in [5.41, 5.74) is 10.5. The molecule has 146 valence electrons. The molecule has 0 aliphatic rings. The van der Waals surface area contributed by atoms with E-state index < -0.39 is 5.91 Å². The summed E-state index contributed by atoms with van der Waals surface area (Å²) in [4.78, 5) is 25.5. The summed E-state index contributed by atoms with van der Waals surface area (Å²) in [5, 5.41) is 3.18. The van der Waals surface area contributed by atoms with Gasteiger partial charge in [0.2, 0.25) is 0 Å². The molecular formula is C23H18N6O. The summed E-state index contributed by atoms with van der Waals surface area (Å²) >= 11 is 0. The highest BCUT2D eigenvalue weighted by molar-refractivity contribution is 5.98. The number of carbonyl (C=O) groups excluding carboxylic acids is 1. The molecule has 30 heavy (non-hydrogen) atoms. The van der Waals surface area contributed by atoms with Crippen molar-refractivity contribution in [1.29, 1.82) is 0 Å². The number of aromatic nitrogens is 4. The van der Waals surface area contributed by atoms with Crippen LogP contribution in [-0.4, -0.2) is 25.4 Å². The predicted molar refractivity (Wildman–Crippen MR) is 117 cm³/mol. The molecule has 2 heterocycles. The van der Waals surface area contributed by atoms with Crippen LogP contribution in [0.3, 0.4) is 0 Å². The van der Waals surface area contributed by atoms with Gasteiger partial charge >= 0.3 is 0 Å². The second-order valence-corrected chi connectivity index (χ2v) is 6.93. The molecule has 0 radical (unpaired) electrons. The molecule has 0 spiro atoms. The Labute approximate surface area is 172 Å². The number of benzene rings is 3. The lowest BCUT2D eigenvalue weighted by molar-refractivity contribution is 0.0996. The molecule has 0 atom stereocenters. The Kier molecular flexibility index (Phi) is 4.14. The number of anilines is 2. The molecule has 5 rings (SSSR count). The zero-order valence-corrected chi connectivity index (χ0v) is 16.2. The number of fused-ring (bicyclic) bond motifs is 2. The number of aryl methyl sites for hydroxylation is 1. The van der Waals surface area contributed by atoms with Crippen molar-refractivity contribution in [2.45, 2.75) is 6.92 Å². The summed E-state index contributed by atoms with van der Waals surface area (Å²) in [5.74, 6) is 0.567. The maximum absolute atomic E-state index is 11.9. The van der Waals surface area contributed by atoms with Gasteiger partial charge in [0.15, 0.2) is 11.5 Å². The Morgan fingerprint density at radius 1 is 0.867 bits per heavy atom. The van der Waals surface area contributed by atoms with E-state index in [2.05, 4.69) is 19.9 Å². The van der Waals surface area contributed by atoms with E-state index in [0.717, 1.165) is 28.2 Å². The number of rotatable bonds is 4. The maximum atomic E-state index is 11.9. The Bertz CT molecular complexity index is 1410. The lowest BCUT2D eigenvalue weighted by Gasteiger charge is -2.10. The zero-order valence-electron chi connectivity index (χ0n) is 16.2. The van der Waals surface area contributed by atoms with Gasteiger partial charge in [-0.25, -0.2) is 15.0 Å². The molecule has 0 saturated carbocycles. The summed E-state index contributed by atoms with van der Waals surface area (Å²) in [6, 6.07) is 23.3. The third-order valence-electron chi connectivity index (χ3n) is 4.90. The minimum atomic E-state index is -0.638. The zero-order chi connectivity index (χ0) is 20.7. The van der Waals surface area contributed by atoms with Crippen LogP contribution < -0.4 is 11.1 Å². The van der Waals surface area contributed by atoms with E-state index in [1.807, 2.05) is 73.7 Å². The van der Waals surface area contributed by atoms with Crippen LogP contribution in [0.15, 0.2) is 72.8 Å². The largest absolute Gasteiger partial charge is 0.364 e. The van der Waals surface area contributed by atoms with Crippen LogP contribution in [0.5, 0.6) is 0 Å². The molecule has 0 unspecified atom stereocenters. The average molecular weight is 394 g/mol. The van der Waals surface area contributed by atoms with Crippen LogP contribution in [0.2, 0.25) is 0 Å². The first kappa shape index (κ1) is 17.8. The molecule has 7 heteroatoms. The van der Waals surface area contributed by atoms with Gasteiger partial charge in [0.25, 0.3) is 5.91 Å². The maximum Gasteiger partial charge on any atom is 0.271 e. The van der Waals surface area contributed by atoms with Gasteiger partial charge in [0, 0.05) is 11.4 Å². The second kappa shape index (κ2) is 6.97. The van der Waals surface area contributed by atoms with E-state index in [4.69, 9.17) is 10.7 Å². The summed E-state index contributed by atoms with van der Waals surface area (Å²) in [6.07, 6.45) is 0. The SMILES string of the molecule is Cc1nc2cc(Nc3nc4ccccc4nc3C(N)=O)ccc2n1-c1ccccc1. The van der Waals surface area contributed by atoms with Crippen molar-refractivity contribution < 1.29 is 4.79 Å². The number of nitrogens with two attached hydrogens (primary N) is 1. The molecule has 0 saturated heterocycles. The number of nitrogens with zero attached hydrogens (tertiary/aromatic N) is 4. The highest BCUT2D eigenvalue weighted by Crippen LogP contribution is 2.26. The number of primary amides is 1. The van der Waals surface area contributed by atoms with Crippen molar-refractivity contribution in [3.8, 4) is 5.69 Å². The lowest BCUT2D eigenvalue weighted by Crippen LogP contribution is -2.16. The van der Waals surface area contributed by atoms with Crippen LogP contribution in [0.1, 0.15) is 16.3 Å². The molecule has 0 bridgehead atoms. The molecule has 2 aromatic heterocycles. The van der Waals surface area contributed by atoms with Crippen LogP contribution in [-0.2, 0) is 0 Å². The van der Waals surface area contributed by atoms with Gasteiger partial charge in [-0.15, -0.1) is 0 Å². The molecule has 0 fully saturated rings. The number of para-hydroxylation sites is 3. The third-order valence-corrected chi connectivity index (χ3v) is 4.90. The smallest absolute Gasteiger partial charge is 0.271 e. The highest BCUT2D eigenvalue weighted by Gasteiger charge is 2.15. The number of imidazole rings is 1. The van der Waals surface area contributed by atoms with Crippen molar-refractivity contribution in [2.75, 3.05) is 5.32 Å². The first-order valence-corrected chi connectivity index (χ1v) is 9.48. The fourth-order valence-electron chi connectivity index (χ4n) is 3.58. The summed E-state index contributed by atoms with van der Waals surface area (Å²) < 4.78 is 2.10. The van der Waals surface area contributed by atoms with E-state index in [1.54, 1.807) is 6.07 Å². The molecule has 0 aliphatic heterocycles. The van der Waals surface area contributed by atoms with E-state index in [0.29, 0.717) is 16.9 Å². The van der Waals surface area contributed by atoms with E-state index >= 15 is 0 Å². The van der Waals surface area contributed by atoms with Gasteiger partial charge in [-0.2, -0.15) is 0 Å². The minimum Gasteiger partial charge on any atom is -0.364 e. The van der Waals surface area contributed by atoms with E-state index in [9.17, 15) is 4.79 Å². The number of amides is 1. The molecule has 7 nitrogen and oxygen atoms in total. The van der Waals surface area contributed by atoms with Crippen molar-refractivity contribution in [1.82, 2.24) is 19.5 Å². The Morgan fingerprint density at radius 3 is 2.30 bits per heavy atom. The Morgan fingerprint density at radius 2 is 1.57 bits per heavy atom. The van der Waals surface area contributed by atoms with Gasteiger partial charge < -0.3 is 11.1 Å². The van der Waals surface area contributed by atoms with E-state index in [1.165, 1.54) is 0 Å². The topological polar surface area (TPSA) is 98.7 Å². The van der Waals surface area contributed by atoms with Crippen LogP contribution >= 0.6 is 0 Å². The summed E-state index contributed by atoms with van der Waals surface area (Å²) in [6.45, 7) is 1.97. The van der Waals surface area contributed by atoms with Crippen LogP contribution in [0.25, 0.3) is 27.8 Å². The lowest BCUT2D eigenvalue weighted by atomic mass is 10.2. The third kappa shape index (κ3) is 3.02. The normalized spacial score (nSPS) is 11.1. The molecule has 3 aromatic carbocycles. The van der Waals surface area contributed by atoms with Gasteiger partial charge in [-0.1, -0.05) is 30.3 Å². The van der Waals surface area contributed by atoms with Crippen molar-refractivity contribution in [3.63, 3.8) is 0 Å². The summed E-state index contributed by atoms with van der Waals surface area (Å²) in [7, 11) is 0. The standard InChI is InChI=1S/C23H18N6O/c1-14-25-19-13-15(11-12-20(19)29(14)16-7-3-2-4-8-16)26-23-21(22(24)30)27-17-9-5-6-10-18(17)28-23/h2-13H,1H3,(H2,24,30)(H,26,28). The monoisotopic (exact) mass is 394 g/mol. The molecule has 1 amide bonds. The Hall–Kier alpha value is -4.26. The minimum absolute atomic E-state index is 0.0970. The highest BCUT2D eigenvalue weighted by atomic mass is 16.1. The fourth-order valence-corrected chi connectivity index (χ4v) is 3.58. The van der Waals surface area contributed by atoms with Crippen molar-refractivity contribution in [3.05, 3.63) is 84.3 Å². The van der Waals surface area contributed by atoms with Gasteiger partial charge in [-0.05, 0) is 49.4 Å². The Balaban J connectivity index is 1.58. The number of nitrogens with one attached hydrogen (secondary N) is 1. The second-order valence-electron chi connectivity index (χ2n) is 6.93. The predicted octanol–water partition coefficient (Wildman–Crippen LogP) is 4.12. The average Bonchev–Trinajstić information content (AvgIpc) is 3.08. The van der Waals surface area contributed by atoms with Crippen LogP contribution in [0.4, 0.5) is 11.5 Å². The van der Waals surface area contributed by atoms with Gasteiger partial charge in [0.05, 0.1) is 22.1 Å².